The molecular weight excluding hydrogens is 224 g/mol. The molecule has 18 heavy (non-hydrogen) atoms. The molecule has 1 fully saturated rings. The first-order valence-electron chi connectivity index (χ1n) is 7.02. The van der Waals surface area contributed by atoms with Crippen molar-refractivity contribution in [1.82, 2.24) is 0 Å². The molecule has 0 amide bonds. The molecule has 0 spiro atoms. The largest absolute Gasteiger partial charge is 0.481 e. The Hall–Kier alpha value is -1.31. The molecule has 0 bridgehead atoms. The van der Waals surface area contributed by atoms with Crippen molar-refractivity contribution in [1.29, 1.82) is 0 Å². The molecule has 0 heterocycles. The van der Waals surface area contributed by atoms with Crippen molar-refractivity contribution in [2.45, 2.75) is 51.4 Å². The first-order chi connectivity index (χ1) is 8.70. The summed E-state index contributed by atoms with van der Waals surface area (Å²) in [5, 5.41) is 8.99. The molecule has 1 aromatic rings. The monoisotopic (exact) mass is 246 g/mol. The molecule has 98 valence electrons. The number of hydrogen-bond acceptors (Lipinski definition) is 1. The third-order valence-electron chi connectivity index (χ3n) is 4.07. The van der Waals surface area contributed by atoms with Gasteiger partial charge in [-0.25, -0.2) is 0 Å². The van der Waals surface area contributed by atoms with Crippen LogP contribution >= 0.6 is 0 Å². The van der Waals surface area contributed by atoms with Crippen LogP contribution in [0, 0.1) is 5.92 Å². The highest BCUT2D eigenvalue weighted by Crippen LogP contribution is 2.35. The van der Waals surface area contributed by atoms with Crippen molar-refractivity contribution in [3.05, 3.63) is 35.4 Å². The third-order valence-corrected chi connectivity index (χ3v) is 4.07. The van der Waals surface area contributed by atoms with Gasteiger partial charge in [-0.15, -0.1) is 0 Å². The molecule has 1 aromatic carbocycles. The highest BCUT2D eigenvalue weighted by Gasteiger charge is 2.26. The summed E-state index contributed by atoms with van der Waals surface area (Å²) in [5.41, 5.74) is 2.79. The summed E-state index contributed by atoms with van der Waals surface area (Å²) in [7, 11) is 0. The average Bonchev–Trinajstić information content (AvgIpc) is 2.40. The maximum atomic E-state index is 10.9. The molecule has 0 radical (unpaired) electrons. The zero-order chi connectivity index (χ0) is 13.0. The van der Waals surface area contributed by atoms with Gasteiger partial charge in [-0.2, -0.15) is 0 Å². The minimum absolute atomic E-state index is 0.111. The van der Waals surface area contributed by atoms with Crippen molar-refractivity contribution >= 4 is 5.97 Å². The lowest BCUT2D eigenvalue weighted by Gasteiger charge is -2.26. The number of rotatable bonds is 4. The van der Waals surface area contributed by atoms with Gasteiger partial charge in [-0.3, -0.25) is 4.79 Å². The van der Waals surface area contributed by atoms with Gasteiger partial charge in [0.2, 0.25) is 0 Å². The number of benzene rings is 1. The Labute approximate surface area is 109 Å². The highest BCUT2D eigenvalue weighted by atomic mass is 16.4. The minimum atomic E-state index is -0.619. The number of hydrogen-bond donors (Lipinski definition) is 1. The van der Waals surface area contributed by atoms with Crippen LogP contribution in [0.1, 0.15) is 56.1 Å². The van der Waals surface area contributed by atoms with Crippen LogP contribution in [0.2, 0.25) is 0 Å². The van der Waals surface area contributed by atoms with Crippen molar-refractivity contribution in [3.8, 4) is 0 Å². The molecule has 1 N–H and O–H groups in total. The molecule has 1 aliphatic carbocycles. The summed E-state index contributed by atoms with van der Waals surface area (Å²) in [4.78, 5) is 10.9. The molecule has 0 aliphatic heterocycles. The van der Waals surface area contributed by atoms with Crippen LogP contribution in [0.25, 0.3) is 0 Å². The highest BCUT2D eigenvalue weighted by molar-refractivity contribution is 5.70. The molecule has 1 saturated carbocycles. The SMILES string of the molecule is CCCc1ccc(C2CCC(C(=O)O)CC2)cc1. The van der Waals surface area contributed by atoms with Crippen molar-refractivity contribution < 1.29 is 9.90 Å². The molecule has 2 nitrogen and oxygen atoms in total. The molecule has 0 atom stereocenters. The van der Waals surface area contributed by atoms with Crippen LogP contribution in [0.5, 0.6) is 0 Å². The van der Waals surface area contributed by atoms with E-state index in [1.54, 1.807) is 0 Å². The van der Waals surface area contributed by atoms with E-state index in [2.05, 4.69) is 31.2 Å². The summed E-state index contributed by atoms with van der Waals surface area (Å²) in [6.07, 6.45) is 6.02. The topological polar surface area (TPSA) is 37.3 Å². The lowest BCUT2D eigenvalue weighted by molar-refractivity contribution is -0.142. The summed E-state index contributed by atoms with van der Waals surface area (Å²) in [6, 6.07) is 8.91. The number of carboxylic acid groups (broad SMARTS) is 1. The van der Waals surface area contributed by atoms with Gasteiger partial charge in [0.1, 0.15) is 0 Å². The maximum absolute atomic E-state index is 10.9. The van der Waals surface area contributed by atoms with E-state index in [-0.39, 0.29) is 5.92 Å². The summed E-state index contributed by atoms with van der Waals surface area (Å²) < 4.78 is 0. The molecule has 2 rings (SSSR count). The zero-order valence-corrected chi connectivity index (χ0v) is 11.1. The van der Waals surface area contributed by atoms with Crippen LogP contribution in [0.3, 0.4) is 0 Å². The van der Waals surface area contributed by atoms with Crippen LogP contribution in [-0.2, 0) is 11.2 Å². The van der Waals surface area contributed by atoms with E-state index < -0.39 is 5.97 Å². The van der Waals surface area contributed by atoms with Gasteiger partial charge in [-0.05, 0) is 49.1 Å². The standard InChI is InChI=1S/C16H22O2/c1-2-3-12-4-6-13(7-5-12)14-8-10-15(11-9-14)16(17)18/h4-7,14-15H,2-3,8-11H2,1H3,(H,17,18). The predicted molar refractivity (Wildman–Crippen MR) is 72.8 cm³/mol. The second-order valence-electron chi connectivity index (χ2n) is 5.38. The van der Waals surface area contributed by atoms with E-state index in [9.17, 15) is 4.79 Å². The first-order valence-corrected chi connectivity index (χ1v) is 7.02. The van der Waals surface area contributed by atoms with E-state index >= 15 is 0 Å². The first kappa shape index (κ1) is 13.1. The summed E-state index contributed by atoms with van der Waals surface area (Å²) >= 11 is 0. The van der Waals surface area contributed by atoms with Gasteiger partial charge in [0, 0.05) is 0 Å². The normalized spacial score (nSPS) is 23.8. The van der Waals surface area contributed by atoms with E-state index in [1.807, 2.05) is 0 Å². The Balaban J connectivity index is 1.95. The minimum Gasteiger partial charge on any atom is -0.481 e. The number of aryl methyl sites for hydroxylation is 1. The van der Waals surface area contributed by atoms with E-state index in [1.165, 1.54) is 17.5 Å². The number of carboxylic acids is 1. The molecule has 0 aromatic heterocycles. The van der Waals surface area contributed by atoms with Gasteiger partial charge in [0.05, 0.1) is 5.92 Å². The molecule has 0 unspecified atom stereocenters. The van der Waals surface area contributed by atoms with Crippen LogP contribution in [0.4, 0.5) is 0 Å². The Bertz CT molecular complexity index is 386. The summed E-state index contributed by atoms with van der Waals surface area (Å²) in [6.45, 7) is 2.20. The third kappa shape index (κ3) is 3.12. The van der Waals surface area contributed by atoms with Gasteiger partial charge in [0.15, 0.2) is 0 Å². The Morgan fingerprint density at radius 3 is 2.28 bits per heavy atom. The van der Waals surface area contributed by atoms with Crippen LogP contribution in [0.15, 0.2) is 24.3 Å². The predicted octanol–water partition coefficient (Wildman–Crippen LogP) is 4.00. The second-order valence-corrected chi connectivity index (χ2v) is 5.38. The number of aliphatic carboxylic acids is 1. The Morgan fingerprint density at radius 2 is 1.78 bits per heavy atom. The average molecular weight is 246 g/mol. The van der Waals surface area contributed by atoms with Crippen molar-refractivity contribution in [3.63, 3.8) is 0 Å². The van der Waals surface area contributed by atoms with Gasteiger partial charge in [0.25, 0.3) is 0 Å². The molecule has 0 saturated heterocycles. The van der Waals surface area contributed by atoms with E-state index in [4.69, 9.17) is 5.11 Å². The van der Waals surface area contributed by atoms with Gasteiger partial charge in [-0.1, -0.05) is 37.6 Å². The van der Waals surface area contributed by atoms with E-state index in [0.717, 1.165) is 32.1 Å². The fourth-order valence-corrected chi connectivity index (χ4v) is 2.92. The number of carbonyl (C=O) groups is 1. The lowest BCUT2D eigenvalue weighted by atomic mass is 9.78. The zero-order valence-electron chi connectivity index (χ0n) is 11.1. The molecular formula is C16H22O2. The maximum Gasteiger partial charge on any atom is 0.306 e. The van der Waals surface area contributed by atoms with Crippen LogP contribution in [-0.4, -0.2) is 11.1 Å². The molecule has 1 aliphatic rings. The van der Waals surface area contributed by atoms with Crippen molar-refractivity contribution in [2.24, 2.45) is 5.92 Å². The Morgan fingerprint density at radius 1 is 1.17 bits per heavy atom. The summed E-state index contributed by atoms with van der Waals surface area (Å²) in [5.74, 6) is -0.163. The fraction of sp³-hybridized carbons (Fsp3) is 0.562. The van der Waals surface area contributed by atoms with Crippen molar-refractivity contribution in [2.75, 3.05) is 0 Å². The van der Waals surface area contributed by atoms with Crippen LogP contribution < -0.4 is 0 Å². The second kappa shape index (κ2) is 6.03. The lowest BCUT2D eigenvalue weighted by Crippen LogP contribution is -2.20. The smallest absolute Gasteiger partial charge is 0.306 e. The van der Waals surface area contributed by atoms with E-state index in [0.29, 0.717) is 5.92 Å². The molecule has 2 heteroatoms. The fourth-order valence-electron chi connectivity index (χ4n) is 2.92. The Kier molecular flexibility index (Phi) is 4.40. The quantitative estimate of drug-likeness (QED) is 0.872. The van der Waals surface area contributed by atoms with Gasteiger partial charge >= 0.3 is 5.97 Å². The van der Waals surface area contributed by atoms with Gasteiger partial charge < -0.3 is 5.11 Å².